The molecule has 0 aromatic heterocycles. The molecule has 1 saturated heterocycles. The second-order valence-electron chi connectivity index (χ2n) is 4.12. The van der Waals surface area contributed by atoms with E-state index in [4.69, 9.17) is 12.2 Å². The topological polar surface area (TPSA) is 29.1 Å². The maximum Gasteiger partial charge on any atom is 0.252 e. The second kappa shape index (κ2) is 6.01. The minimum Gasteiger partial charge on any atom is -0.316 e. The second-order valence-corrected chi connectivity index (χ2v) is 4.62. The van der Waals surface area contributed by atoms with Gasteiger partial charge in [0.15, 0.2) is 0 Å². The fourth-order valence-corrected chi connectivity index (χ4v) is 2.04. The standard InChI is InChI=1S/C12H19NOS/c1-3-4-5-6-7-9(2)10-8-11(15)13-12(10)14/h3-8H2,1-2H3,(H,13,14,15)/b10-9-. The van der Waals surface area contributed by atoms with Gasteiger partial charge in [0.2, 0.25) is 0 Å². The Balaban J connectivity index is 2.43. The molecule has 15 heavy (non-hydrogen) atoms. The van der Waals surface area contributed by atoms with Crippen molar-refractivity contribution < 1.29 is 4.79 Å². The summed E-state index contributed by atoms with van der Waals surface area (Å²) in [6.45, 7) is 4.25. The highest BCUT2D eigenvalue weighted by molar-refractivity contribution is 7.80. The SMILES string of the molecule is CCCCCC/C(C)=C1/CC(=S)NC1=O. The van der Waals surface area contributed by atoms with Crippen LogP contribution in [0.15, 0.2) is 11.1 Å². The molecule has 0 radical (unpaired) electrons. The van der Waals surface area contributed by atoms with Gasteiger partial charge in [0.25, 0.3) is 5.91 Å². The van der Waals surface area contributed by atoms with Gasteiger partial charge in [-0.1, -0.05) is 44.0 Å². The average Bonchev–Trinajstić information content (AvgIpc) is 2.52. The van der Waals surface area contributed by atoms with Gasteiger partial charge in [-0.2, -0.15) is 0 Å². The van der Waals surface area contributed by atoms with Gasteiger partial charge in [-0.05, 0) is 19.8 Å². The molecule has 0 bridgehead atoms. The molecule has 0 spiro atoms. The van der Waals surface area contributed by atoms with E-state index >= 15 is 0 Å². The quantitative estimate of drug-likeness (QED) is 0.442. The molecule has 84 valence electrons. The number of nitrogens with one attached hydrogen (secondary N) is 1. The summed E-state index contributed by atoms with van der Waals surface area (Å²) in [5.74, 6) is 0.0213. The Labute approximate surface area is 97.1 Å². The Morgan fingerprint density at radius 1 is 1.40 bits per heavy atom. The molecular weight excluding hydrogens is 206 g/mol. The van der Waals surface area contributed by atoms with Crippen LogP contribution in [0.4, 0.5) is 0 Å². The molecule has 1 amide bonds. The van der Waals surface area contributed by atoms with E-state index in [2.05, 4.69) is 19.2 Å². The van der Waals surface area contributed by atoms with E-state index in [9.17, 15) is 4.79 Å². The summed E-state index contributed by atoms with van der Waals surface area (Å²) in [7, 11) is 0. The highest BCUT2D eigenvalue weighted by Gasteiger charge is 2.22. The van der Waals surface area contributed by atoms with Crippen LogP contribution in [0, 0.1) is 0 Å². The molecule has 1 rings (SSSR count). The molecule has 0 aliphatic carbocycles. The lowest BCUT2D eigenvalue weighted by molar-refractivity contribution is -0.115. The van der Waals surface area contributed by atoms with Gasteiger partial charge in [-0.3, -0.25) is 4.79 Å². The summed E-state index contributed by atoms with van der Waals surface area (Å²) in [4.78, 5) is 12.1. The maximum atomic E-state index is 11.5. The fourth-order valence-electron chi connectivity index (χ4n) is 1.80. The summed E-state index contributed by atoms with van der Waals surface area (Å²) >= 11 is 4.98. The van der Waals surface area contributed by atoms with Crippen molar-refractivity contribution in [1.29, 1.82) is 0 Å². The van der Waals surface area contributed by atoms with E-state index in [1.807, 2.05) is 0 Å². The molecule has 1 N–H and O–H groups in total. The van der Waals surface area contributed by atoms with Gasteiger partial charge in [-0.15, -0.1) is 0 Å². The maximum absolute atomic E-state index is 11.5. The molecule has 1 heterocycles. The summed E-state index contributed by atoms with van der Waals surface area (Å²) < 4.78 is 0. The predicted octanol–water partition coefficient (Wildman–Crippen LogP) is 3.12. The van der Waals surface area contributed by atoms with Crippen molar-refractivity contribution >= 4 is 23.1 Å². The van der Waals surface area contributed by atoms with Gasteiger partial charge < -0.3 is 5.32 Å². The van der Waals surface area contributed by atoms with E-state index in [-0.39, 0.29) is 5.91 Å². The number of unbranched alkanes of at least 4 members (excludes halogenated alkanes) is 3. The Kier molecular flexibility index (Phi) is 4.95. The molecular formula is C12H19NOS. The number of allylic oxidation sites excluding steroid dienone is 1. The van der Waals surface area contributed by atoms with Crippen molar-refractivity contribution in [2.24, 2.45) is 0 Å². The van der Waals surface area contributed by atoms with E-state index in [1.54, 1.807) is 0 Å². The highest BCUT2D eigenvalue weighted by atomic mass is 32.1. The summed E-state index contributed by atoms with van der Waals surface area (Å²) in [5.41, 5.74) is 2.11. The molecule has 0 aromatic rings. The molecule has 2 nitrogen and oxygen atoms in total. The van der Waals surface area contributed by atoms with Crippen molar-refractivity contribution in [3.8, 4) is 0 Å². The zero-order valence-corrected chi connectivity index (χ0v) is 10.4. The van der Waals surface area contributed by atoms with Crippen LogP contribution in [-0.2, 0) is 4.79 Å². The van der Waals surface area contributed by atoms with Crippen LogP contribution in [-0.4, -0.2) is 10.9 Å². The lowest BCUT2D eigenvalue weighted by Gasteiger charge is -2.03. The normalized spacial score (nSPS) is 19.3. The summed E-state index contributed by atoms with van der Waals surface area (Å²) in [6, 6.07) is 0. The van der Waals surface area contributed by atoms with Crippen molar-refractivity contribution in [1.82, 2.24) is 5.32 Å². The molecule has 0 atom stereocenters. The van der Waals surface area contributed by atoms with Crippen LogP contribution in [0.25, 0.3) is 0 Å². The first kappa shape index (κ1) is 12.4. The third-order valence-corrected chi connectivity index (χ3v) is 3.03. The first-order chi connectivity index (χ1) is 7.15. The summed E-state index contributed by atoms with van der Waals surface area (Å²) in [6.07, 6.45) is 6.66. The van der Waals surface area contributed by atoms with Gasteiger partial charge in [0, 0.05) is 12.0 Å². The summed E-state index contributed by atoms with van der Waals surface area (Å²) in [5, 5.41) is 2.68. The zero-order chi connectivity index (χ0) is 11.3. The lowest BCUT2D eigenvalue weighted by atomic mass is 10.0. The van der Waals surface area contributed by atoms with Crippen LogP contribution in [0.1, 0.15) is 52.4 Å². The van der Waals surface area contributed by atoms with E-state index in [0.29, 0.717) is 11.4 Å². The van der Waals surface area contributed by atoms with Crippen molar-refractivity contribution in [2.45, 2.75) is 52.4 Å². The molecule has 0 unspecified atom stereocenters. The van der Waals surface area contributed by atoms with E-state index in [0.717, 1.165) is 12.0 Å². The number of thiocarbonyl (C=S) groups is 1. The van der Waals surface area contributed by atoms with Crippen LogP contribution < -0.4 is 5.32 Å². The molecule has 1 aliphatic heterocycles. The van der Waals surface area contributed by atoms with Crippen molar-refractivity contribution in [2.75, 3.05) is 0 Å². The number of carbonyl (C=O) groups is 1. The molecule has 1 aliphatic rings. The number of hydrogen-bond donors (Lipinski definition) is 1. The smallest absolute Gasteiger partial charge is 0.252 e. The predicted molar refractivity (Wildman–Crippen MR) is 66.8 cm³/mol. The minimum atomic E-state index is 0.0213. The van der Waals surface area contributed by atoms with Crippen molar-refractivity contribution in [3.05, 3.63) is 11.1 Å². The molecule has 3 heteroatoms. The monoisotopic (exact) mass is 225 g/mol. The molecule has 1 fully saturated rings. The van der Waals surface area contributed by atoms with Gasteiger partial charge in [0.1, 0.15) is 0 Å². The largest absolute Gasteiger partial charge is 0.316 e. The lowest BCUT2D eigenvalue weighted by Crippen LogP contribution is -2.18. The third-order valence-electron chi connectivity index (χ3n) is 2.78. The van der Waals surface area contributed by atoms with Gasteiger partial charge >= 0.3 is 0 Å². The number of carbonyl (C=O) groups excluding carboxylic acids is 1. The highest BCUT2D eigenvalue weighted by Crippen LogP contribution is 2.20. The minimum absolute atomic E-state index is 0.0213. The number of hydrogen-bond acceptors (Lipinski definition) is 2. The first-order valence-corrected chi connectivity index (χ1v) is 6.08. The van der Waals surface area contributed by atoms with Crippen LogP contribution >= 0.6 is 12.2 Å². The van der Waals surface area contributed by atoms with Crippen molar-refractivity contribution in [3.63, 3.8) is 0 Å². The Morgan fingerprint density at radius 2 is 2.13 bits per heavy atom. The van der Waals surface area contributed by atoms with Gasteiger partial charge in [0.05, 0.1) is 4.99 Å². The zero-order valence-electron chi connectivity index (χ0n) is 9.56. The first-order valence-electron chi connectivity index (χ1n) is 5.68. The number of amides is 1. The Hall–Kier alpha value is -0.700. The van der Waals surface area contributed by atoms with E-state index in [1.165, 1.54) is 31.3 Å². The van der Waals surface area contributed by atoms with Crippen LogP contribution in [0.2, 0.25) is 0 Å². The fraction of sp³-hybridized carbons (Fsp3) is 0.667. The molecule has 0 saturated carbocycles. The van der Waals surface area contributed by atoms with Crippen LogP contribution in [0.5, 0.6) is 0 Å². The Morgan fingerprint density at radius 3 is 2.67 bits per heavy atom. The van der Waals surface area contributed by atoms with Crippen LogP contribution in [0.3, 0.4) is 0 Å². The van der Waals surface area contributed by atoms with E-state index < -0.39 is 0 Å². The third kappa shape index (κ3) is 3.74. The number of rotatable bonds is 5. The van der Waals surface area contributed by atoms with Gasteiger partial charge in [-0.25, -0.2) is 0 Å². The average molecular weight is 225 g/mol. The molecule has 0 aromatic carbocycles. The Bertz CT molecular complexity index is 294.